The Labute approximate surface area is 162 Å². The van der Waals surface area contributed by atoms with E-state index in [0.29, 0.717) is 18.0 Å². The third-order valence-electron chi connectivity index (χ3n) is 7.31. The lowest BCUT2D eigenvalue weighted by Crippen LogP contribution is -2.60. The van der Waals surface area contributed by atoms with Crippen molar-refractivity contribution in [3.8, 4) is 0 Å². The molecule has 0 aromatic heterocycles. The van der Waals surface area contributed by atoms with E-state index in [2.05, 4.69) is 4.90 Å². The molecule has 5 heteroatoms. The number of rotatable bonds is 3. The Bertz CT molecular complexity index is 657. The Morgan fingerprint density at radius 3 is 2.41 bits per heavy atom. The van der Waals surface area contributed by atoms with Crippen molar-refractivity contribution in [3.05, 3.63) is 34.4 Å². The molecule has 0 spiro atoms. The van der Waals surface area contributed by atoms with Gasteiger partial charge in [0.15, 0.2) is 0 Å². The molecule has 1 aliphatic carbocycles. The molecule has 2 saturated heterocycles. The molecular formula is C22H33N3O2. The van der Waals surface area contributed by atoms with Crippen molar-refractivity contribution in [2.75, 3.05) is 4.90 Å². The van der Waals surface area contributed by atoms with Crippen LogP contribution >= 0.6 is 0 Å². The zero-order valence-corrected chi connectivity index (χ0v) is 16.3. The maximum atomic E-state index is 11.7. The Kier molecular flexibility index (Phi) is 5.67. The average molecular weight is 372 g/mol. The summed E-state index contributed by atoms with van der Waals surface area (Å²) in [5.74, 6) is 1.39. The number of nitro groups is 1. The minimum absolute atomic E-state index is 0.218. The van der Waals surface area contributed by atoms with Crippen molar-refractivity contribution in [1.82, 2.24) is 0 Å². The van der Waals surface area contributed by atoms with Crippen LogP contribution < -0.4 is 10.6 Å². The van der Waals surface area contributed by atoms with Crippen LogP contribution in [0.15, 0.2) is 24.3 Å². The summed E-state index contributed by atoms with van der Waals surface area (Å²) < 4.78 is 0. The average Bonchev–Trinajstić information content (AvgIpc) is 2.62. The molecule has 2 N–H and O–H groups in total. The molecular weight excluding hydrogens is 338 g/mol. The van der Waals surface area contributed by atoms with Gasteiger partial charge in [-0.2, -0.15) is 0 Å². The van der Waals surface area contributed by atoms with Crippen LogP contribution in [0.5, 0.6) is 0 Å². The fourth-order valence-electron chi connectivity index (χ4n) is 6.15. The highest BCUT2D eigenvalue weighted by molar-refractivity contribution is 5.65. The lowest BCUT2D eigenvalue weighted by molar-refractivity contribution is -0.384. The number of nitrogens with two attached hydrogens (primary N) is 1. The summed E-state index contributed by atoms with van der Waals surface area (Å²) in [5.41, 5.74) is 7.52. The molecule has 2 bridgehead atoms. The third kappa shape index (κ3) is 3.84. The van der Waals surface area contributed by atoms with Crippen molar-refractivity contribution in [1.29, 1.82) is 0 Å². The molecule has 1 aromatic rings. The molecule has 27 heavy (non-hydrogen) atoms. The normalized spacial score (nSPS) is 32.6. The monoisotopic (exact) mass is 371 g/mol. The fourth-order valence-corrected chi connectivity index (χ4v) is 6.15. The predicted molar refractivity (Wildman–Crippen MR) is 109 cm³/mol. The highest BCUT2D eigenvalue weighted by Gasteiger charge is 2.46. The van der Waals surface area contributed by atoms with Crippen LogP contribution in [0.2, 0.25) is 0 Å². The molecule has 2 aliphatic heterocycles. The Balaban J connectivity index is 1.66. The van der Waals surface area contributed by atoms with Crippen LogP contribution in [-0.4, -0.2) is 23.0 Å². The molecule has 4 atom stereocenters. The first kappa shape index (κ1) is 18.7. The Morgan fingerprint density at radius 1 is 0.963 bits per heavy atom. The number of anilines is 1. The first-order valence-corrected chi connectivity index (χ1v) is 10.9. The van der Waals surface area contributed by atoms with E-state index in [1.807, 2.05) is 12.1 Å². The highest BCUT2D eigenvalue weighted by atomic mass is 16.6. The second-order valence-electron chi connectivity index (χ2n) is 8.95. The predicted octanol–water partition coefficient (Wildman–Crippen LogP) is 5.03. The van der Waals surface area contributed by atoms with Crippen LogP contribution in [0.4, 0.5) is 11.4 Å². The van der Waals surface area contributed by atoms with E-state index in [0.717, 1.165) is 30.9 Å². The maximum absolute atomic E-state index is 11.7. The van der Waals surface area contributed by atoms with E-state index in [4.69, 9.17) is 5.73 Å². The van der Waals surface area contributed by atoms with Gasteiger partial charge in [-0.1, -0.05) is 57.1 Å². The molecule has 1 aromatic carbocycles. The van der Waals surface area contributed by atoms with Crippen molar-refractivity contribution in [3.63, 3.8) is 0 Å². The zero-order valence-electron chi connectivity index (χ0n) is 16.3. The van der Waals surface area contributed by atoms with Gasteiger partial charge in [0.2, 0.25) is 0 Å². The van der Waals surface area contributed by atoms with Gasteiger partial charge in [0.1, 0.15) is 5.69 Å². The summed E-state index contributed by atoms with van der Waals surface area (Å²) in [5, 5.41) is 11.7. The summed E-state index contributed by atoms with van der Waals surface area (Å²) >= 11 is 0. The van der Waals surface area contributed by atoms with Crippen molar-refractivity contribution >= 4 is 11.4 Å². The molecule has 2 heterocycles. The quantitative estimate of drug-likeness (QED) is 0.597. The summed E-state index contributed by atoms with van der Waals surface area (Å²) in [7, 11) is 0. The van der Waals surface area contributed by atoms with Gasteiger partial charge in [-0.25, -0.2) is 0 Å². The van der Waals surface area contributed by atoms with E-state index in [-0.39, 0.29) is 16.7 Å². The second kappa shape index (κ2) is 8.17. The van der Waals surface area contributed by atoms with Crippen molar-refractivity contribution in [2.24, 2.45) is 17.6 Å². The number of hydrogen-bond donors (Lipinski definition) is 1. The minimum Gasteiger partial charge on any atom is -0.360 e. The van der Waals surface area contributed by atoms with Crippen LogP contribution in [0.25, 0.3) is 0 Å². The van der Waals surface area contributed by atoms with Gasteiger partial charge in [-0.15, -0.1) is 0 Å². The molecule has 1 saturated carbocycles. The van der Waals surface area contributed by atoms with E-state index >= 15 is 0 Å². The highest BCUT2D eigenvalue weighted by Crippen LogP contribution is 2.47. The Morgan fingerprint density at radius 2 is 1.67 bits per heavy atom. The largest absolute Gasteiger partial charge is 0.360 e. The van der Waals surface area contributed by atoms with Gasteiger partial charge in [0.25, 0.3) is 5.69 Å². The summed E-state index contributed by atoms with van der Waals surface area (Å²) in [6, 6.07) is 8.27. The van der Waals surface area contributed by atoms with Crippen LogP contribution in [0.1, 0.15) is 70.6 Å². The van der Waals surface area contributed by atoms with Gasteiger partial charge in [0.05, 0.1) is 4.92 Å². The van der Waals surface area contributed by atoms with Gasteiger partial charge in [0, 0.05) is 24.2 Å². The number of hydrogen-bond acceptors (Lipinski definition) is 4. The van der Waals surface area contributed by atoms with E-state index in [1.54, 1.807) is 12.1 Å². The zero-order chi connectivity index (χ0) is 18.8. The van der Waals surface area contributed by atoms with Gasteiger partial charge >= 0.3 is 0 Å². The van der Waals surface area contributed by atoms with Crippen LogP contribution in [-0.2, 0) is 0 Å². The molecule has 148 valence electrons. The lowest BCUT2D eigenvalue weighted by atomic mass is 9.68. The smallest absolute Gasteiger partial charge is 0.292 e. The van der Waals surface area contributed by atoms with E-state index in [9.17, 15) is 10.1 Å². The van der Waals surface area contributed by atoms with E-state index in [1.165, 1.54) is 51.4 Å². The topological polar surface area (TPSA) is 72.4 Å². The SMILES string of the molecule is NC1CC2CCC(C3CCCCCCC3)C(C1)N2c1ccccc1[N+](=O)[O-]. The molecule has 4 unspecified atom stereocenters. The van der Waals surface area contributed by atoms with Gasteiger partial charge in [-0.05, 0) is 43.6 Å². The number of nitro benzene ring substituents is 1. The molecule has 3 aliphatic rings. The molecule has 4 rings (SSSR count). The molecule has 0 amide bonds. The minimum atomic E-state index is -0.218. The van der Waals surface area contributed by atoms with Crippen LogP contribution in [0, 0.1) is 22.0 Å². The number of para-hydroxylation sites is 2. The lowest BCUT2D eigenvalue weighted by Gasteiger charge is -2.54. The maximum Gasteiger partial charge on any atom is 0.292 e. The number of benzene rings is 1. The first-order valence-electron chi connectivity index (χ1n) is 10.9. The van der Waals surface area contributed by atoms with Crippen molar-refractivity contribution in [2.45, 2.75) is 88.8 Å². The molecule has 3 fully saturated rings. The molecule has 0 radical (unpaired) electrons. The number of nitrogens with zero attached hydrogens (tertiary/aromatic N) is 2. The van der Waals surface area contributed by atoms with E-state index < -0.39 is 0 Å². The first-order chi connectivity index (χ1) is 13.1. The van der Waals surface area contributed by atoms with Crippen LogP contribution in [0.3, 0.4) is 0 Å². The number of fused-ring (bicyclic) bond motifs is 2. The molecule has 5 nitrogen and oxygen atoms in total. The third-order valence-corrected chi connectivity index (χ3v) is 7.31. The van der Waals surface area contributed by atoms with Gasteiger partial charge in [-0.3, -0.25) is 10.1 Å². The number of piperidine rings is 2. The summed E-state index contributed by atoms with van der Waals surface area (Å²) in [4.78, 5) is 13.9. The van der Waals surface area contributed by atoms with Gasteiger partial charge < -0.3 is 10.6 Å². The standard InChI is InChI=1S/C22H33N3O2/c23-17-14-18-12-13-19(16-8-4-2-1-3-5-9-16)22(15-17)24(18)20-10-6-7-11-21(20)25(26)27/h6-7,10-11,16-19,22H,1-5,8-9,12-15,23H2. The van der Waals surface area contributed by atoms with Crippen molar-refractivity contribution < 1.29 is 4.92 Å². The summed E-state index contributed by atoms with van der Waals surface area (Å²) in [6.45, 7) is 0. The fraction of sp³-hybridized carbons (Fsp3) is 0.727. The summed E-state index contributed by atoms with van der Waals surface area (Å²) in [6.07, 6.45) is 13.8. The Hall–Kier alpha value is -1.62. The second-order valence-corrected chi connectivity index (χ2v) is 8.95.